The fraction of sp³-hybridized carbons (Fsp3) is 0.917. The number of likely N-dealkylation sites (tertiary alicyclic amines) is 1. The molecule has 0 aromatic carbocycles. The molecule has 84 valence electrons. The van der Waals surface area contributed by atoms with Gasteiger partial charge in [-0.05, 0) is 38.0 Å². The van der Waals surface area contributed by atoms with Gasteiger partial charge in [-0.3, -0.25) is 4.79 Å². The summed E-state index contributed by atoms with van der Waals surface area (Å²) in [5, 5.41) is 0. The molecular formula is C12H19NO2. The molecule has 1 spiro atoms. The molecule has 2 heterocycles. The molecule has 0 N–H and O–H groups in total. The van der Waals surface area contributed by atoms with Crippen LogP contribution < -0.4 is 0 Å². The van der Waals surface area contributed by atoms with Crippen molar-refractivity contribution in [3.63, 3.8) is 0 Å². The quantitative estimate of drug-likeness (QED) is 0.691. The lowest BCUT2D eigenvalue weighted by molar-refractivity contribution is -0.131. The van der Waals surface area contributed by atoms with Crippen molar-refractivity contribution in [2.45, 2.75) is 44.1 Å². The Morgan fingerprint density at radius 3 is 2.93 bits per heavy atom. The van der Waals surface area contributed by atoms with Gasteiger partial charge in [0.25, 0.3) is 0 Å². The van der Waals surface area contributed by atoms with Gasteiger partial charge in [0, 0.05) is 26.1 Å². The van der Waals surface area contributed by atoms with E-state index >= 15 is 0 Å². The van der Waals surface area contributed by atoms with Gasteiger partial charge in [0.1, 0.15) is 0 Å². The SMILES string of the molecule is O=C(CC1CC1)N1CCC2(CCCO2)C1. The first kappa shape index (κ1) is 9.64. The van der Waals surface area contributed by atoms with Gasteiger partial charge in [0.2, 0.25) is 5.91 Å². The summed E-state index contributed by atoms with van der Waals surface area (Å²) < 4.78 is 5.81. The predicted octanol–water partition coefficient (Wildman–Crippen LogP) is 1.57. The molecule has 3 fully saturated rings. The van der Waals surface area contributed by atoms with E-state index in [1.54, 1.807) is 0 Å². The first-order chi connectivity index (χ1) is 7.27. The van der Waals surface area contributed by atoms with E-state index in [4.69, 9.17) is 4.74 Å². The molecule has 2 aliphatic heterocycles. The average molecular weight is 209 g/mol. The highest BCUT2D eigenvalue weighted by molar-refractivity contribution is 5.77. The molecule has 3 rings (SSSR count). The molecule has 15 heavy (non-hydrogen) atoms. The molecule has 0 radical (unpaired) electrons. The van der Waals surface area contributed by atoms with Crippen LogP contribution in [-0.4, -0.2) is 36.1 Å². The maximum Gasteiger partial charge on any atom is 0.222 e. The number of carbonyl (C=O) groups excluding carboxylic acids is 1. The number of carbonyl (C=O) groups is 1. The summed E-state index contributed by atoms with van der Waals surface area (Å²) in [5.41, 5.74) is 0.0548. The van der Waals surface area contributed by atoms with Crippen LogP contribution in [0.2, 0.25) is 0 Å². The van der Waals surface area contributed by atoms with Gasteiger partial charge in [0.15, 0.2) is 0 Å². The van der Waals surface area contributed by atoms with Gasteiger partial charge in [-0.2, -0.15) is 0 Å². The van der Waals surface area contributed by atoms with Crippen molar-refractivity contribution in [2.24, 2.45) is 5.92 Å². The van der Waals surface area contributed by atoms with E-state index in [0.29, 0.717) is 11.8 Å². The van der Waals surface area contributed by atoms with Gasteiger partial charge in [-0.15, -0.1) is 0 Å². The molecule has 0 bridgehead atoms. The second kappa shape index (κ2) is 3.48. The van der Waals surface area contributed by atoms with Crippen molar-refractivity contribution in [3.05, 3.63) is 0 Å². The second-order valence-corrected chi connectivity index (χ2v) is 5.35. The Morgan fingerprint density at radius 1 is 1.40 bits per heavy atom. The molecule has 1 saturated carbocycles. The number of ether oxygens (including phenoxy) is 1. The van der Waals surface area contributed by atoms with Gasteiger partial charge in [-0.1, -0.05) is 0 Å². The van der Waals surface area contributed by atoms with E-state index in [0.717, 1.165) is 39.0 Å². The van der Waals surface area contributed by atoms with E-state index < -0.39 is 0 Å². The normalized spacial score (nSPS) is 35.3. The van der Waals surface area contributed by atoms with E-state index in [1.165, 1.54) is 19.3 Å². The Labute approximate surface area is 90.8 Å². The Morgan fingerprint density at radius 2 is 2.27 bits per heavy atom. The Balaban J connectivity index is 1.57. The van der Waals surface area contributed by atoms with Crippen molar-refractivity contribution in [3.8, 4) is 0 Å². The van der Waals surface area contributed by atoms with Gasteiger partial charge in [-0.25, -0.2) is 0 Å². The summed E-state index contributed by atoms with van der Waals surface area (Å²) >= 11 is 0. The van der Waals surface area contributed by atoms with Crippen molar-refractivity contribution in [1.29, 1.82) is 0 Å². The standard InChI is InChI=1S/C12H19NO2/c14-11(8-10-2-3-10)13-6-5-12(9-13)4-1-7-15-12/h10H,1-9H2. The number of hydrogen-bond donors (Lipinski definition) is 0. The second-order valence-electron chi connectivity index (χ2n) is 5.35. The fourth-order valence-corrected chi connectivity index (χ4v) is 2.83. The van der Waals surface area contributed by atoms with Crippen molar-refractivity contribution in [2.75, 3.05) is 19.7 Å². The van der Waals surface area contributed by atoms with Gasteiger partial charge >= 0.3 is 0 Å². The molecule has 2 saturated heterocycles. The Bertz CT molecular complexity index is 267. The molecule has 3 aliphatic rings. The Hall–Kier alpha value is -0.570. The van der Waals surface area contributed by atoms with Gasteiger partial charge in [0.05, 0.1) is 5.60 Å². The minimum absolute atomic E-state index is 0.0548. The summed E-state index contributed by atoms with van der Waals surface area (Å²) in [4.78, 5) is 13.9. The molecule has 0 aromatic heterocycles. The van der Waals surface area contributed by atoms with Crippen molar-refractivity contribution < 1.29 is 9.53 Å². The highest BCUT2D eigenvalue weighted by Gasteiger charge is 2.43. The summed E-state index contributed by atoms with van der Waals surface area (Å²) in [6.45, 7) is 2.68. The minimum Gasteiger partial charge on any atom is -0.373 e. The molecule has 1 amide bonds. The predicted molar refractivity (Wildman–Crippen MR) is 56.5 cm³/mol. The molecule has 1 aliphatic carbocycles. The smallest absolute Gasteiger partial charge is 0.222 e. The van der Waals surface area contributed by atoms with Crippen LogP contribution in [0.15, 0.2) is 0 Å². The maximum absolute atomic E-state index is 11.9. The van der Waals surface area contributed by atoms with Crippen LogP contribution in [0.5, 0.6) is 0 Å². The van der Waals surface area contributed by atoms with E-state index in [9.17, 15) is 4.79 Å². The Kier molecular flexibility index (Phi) is 2.23. The van der Waals surface area contributed by atoms with E-state index in [2.05, 4.69) is 0 Å². The van der Waals surface area contributed by atoms with E-state index in [1.807, 2.05) is 4.90 Å². The van der Waals surface area contributed by atoms with Crippen LogP contribution in [0.25, 0.3) is 0 Å². The summed E-state index contributed by atoms with van der Waals surface area (Å²) in [7, 11) is 0. The van der Waals surface area contributed by atoms with E-state index in [-0.39, 0.29) is 5.60 Å². The van der Waals surface area contributed by atoms with Crippen molar-refractivity contribution >= 4 is 5.91 Å². The van der Waals surface area contributed by atoms with Crippen molar-refractivity contribution in [1.82, 2.24) is 4.90 Å². The van der Waals surface area contributed by atoms with Crippen LogP contribution in [0.1, 0.15) is 38.5 Å². The van der Waals surface area contributed by atoms with Crippen LogP contribution in [0.3, 0.4) is 0 Å². The first-order valence-corrected chi connectivity index (χ1v) is 6.19. The number of hydrogen-bond acceptors (Lipinski definition) is 2. The summed E-state index contributed by atoms with van der Waals surface area (Å²) in [6.07, 6.45) is 6.70. The topological polar surface area (TPSA) is 29.5 Å². The highest BCUT2D eigenvalue weighted by atomic mass is 16.5. The first-order valence-electron chi connectivity index (χ1n) is 6.19. The zero-order valence-corrected chi connectivity index (χ0v) is 9.21. The van der Waals surface area contributed by atoms with Crippen LogP contribution in [0.4, 0.5) is 0 Å². The summed E-state index contributed by atoms with van der Waals surface area (Å²) in [6, 6.07) is 0. The van der Waals surface area contributed by atoms with Crippen LogP contribution >= 0.6 is 0 Å². The molecule has 3 nitrogen and oxygen atoms in total. The molecule has 3 heteroatoms. The molecule has 1 atom stereocenters. The lowest BCUT2D eigenvalue weighted by Crippen LogP contribution is -2.35. The summed E-state index contributed by atoms with van der Waals surface area (Å²) in [5.74, 6) is 1.07. The number of nitrogens with zero attached hydrogens (tertiary/aromatic N) is 1. The molecular weight excluding hydrogens is 190 g/mol. The van der Waals surface area contributed by atoms with Crippen LogP contribution in [-0.2, 0) is 9.53 Å². The molecule has 1 unspecified atom stereocenters. The largest absolute Gasteiger partial charge is 0.373 e. The molecule has 0 aromatic rings. The highest BCUT2D eigenvalue weighted by Crippen LogP contribution is 2.37. The maximum atomic E-state index is 11.9. The lowest BCUT2D eigenvalue weighted by atomic mass is 10.00. The number of amides is 1. The fourth-order valence-electron chi connectivity index (χ4n) is 2.83. The van der Waals surface area contributed by atoms with Gasteiger partial charge < -0.3 is 9.64 Å². The third-order valence-electron chi connectivity index (χ3n) is 4.01. The third-order valence-corrected chi connectivity index (χ3v) is 4.01. The van der Waals surface area contributed by atoms with Crippen LogP contribution in [0, 0.1) is 5.92 Å². The zero-order valence-electron chi connectivity index (χ0n) is 9.21. The third kappa shape index (κ3) is 1.89. The monoisotopic (exact) mass is 209 g/mol. The lowest BCUT2D eigenvalue weighted by Gasteiger charge is -2.23. The minimum atomic E-state index is 0.0548. The number of rotatable bonds is 2. The zero-order chi connectivity index (χ0) is 10.3. The average Bonchev–Trinajstić information content (AvgIpc) is 2.81.